The van der Waals surface area contributed by atoms with E-state index in [9.17, 15) is 0 Å². The Balaban J connectivity index is 1.94. The molecule has 0 aliphatic heterocycles. The van der Waals surface area contributed by atoms with E-state index < -0.39 is 0 Å². The quantitative estimate of drug-likeness (QED) is 0.797. The molecule has 3 nitrogen and oxygen atoms in total. The number of hydrogen-bond acceptors (Lipinski definition) is 6. The van der Waals surface area contributed by atoms with E-state index in [1.807, 2.05) is 12.3 Å². The Morgan fingerprint density at radius 2 is 2.36 bits per heavy atom. The first-order chi connectivity index (χ1) is 6.74. The van der Waals surface area contributed by atoms with Crippen molar-refractivity contribution < 1.29 is 0 Å². The molecule has 0 bridgehead atoms. The van der Waals surface area contributed by atoms with Crippen molar-refractivity contribution in [1.29, 1.82) is 0 Å². The topological polar surface area (TPSA) is 38.7 Å². The van der Waals surface area contributed by atoms with Gasteiger partial charge in [-0.1, -0.05) is 34.7 Å². The molecule has 0 saturated carbocycles. The lowest BCUT2D eigenvalue weighted by Crippen LogP contribution is -1.79. The molecule has 14 heavy (non-hydrogen) atoms. The fourth-order valence-corrected chi connectivity index (χ4v) is 3.42. The van der Waals surface area contributed by atoms with Crippen LogP contribution in [0.25, 0.3) is 0 Å². The van der Waals surface area contributed by atoms with E-state index in [4.69, 9.17) is 11.6 Å². The predicted octanol–water partition coefficient (Wildman–Crippen LogP) is 3.25. The second-order valence-corrected chi connectivity index (χ2v) is 6.31. The van der Waals surface area contributed by atoms with Gasteiger partial charge >= 0.3 is 0 Å². The summed E-state index contributed by atoms with van der Waals surface area (Å²) in [6.07, 6.45) is 0. The summed E-state index contributed by atoms with van der Waals surface area (Å²) in [6.45, 7) is 1.95. The lowest BCUT2D eigenvalue weighted by Gasteiger charge is -1.90. The van der Waals surface area contributed by atoms with Gasteiger partial charge in [0.2, 0.25) is 0 Å². The SMILES string of the molecule is Cc1nnc(SCc2csc(Cl)n2)s1. The smallest absolute Gasteiger partial charge is 0.183 e. The van der Waals surface area contributed by atoms with E-state index in [1.165, 1.54) is 11.3 Å². The van der Waals surface area contributed by atoms with Gasteiger partial charge in [0.05, 0.1) is 5.69 Å². The fraction of sp³-hybridized carbons (Fsp3) is 0.286. The van der Waals surface area contributed by atoms with Crippen LogP contribution in [0, 0.1) is 6.92 Å². The first-order valence-electron chi connectivity index (χ1n) is 3.77. The van der Waals surface area contributed by atoms with Crippen LogP contribution in [0.4, 0.5) is 0 Å². The maximum atomic E-state index is 5.72. The van der Waals surface area contributed by atoms with Gasteiger partial charge in [-0.15, -0.1) is 21.5 Å². The molecule has 0 radical (unpaired) electrons. The number of aromatic nitrogens is 3. The molecule has 0 atom stereocenters. The number of thiazole rings is 1. The molecule has 2 aromatic rings. The molecule has 74 valence electrons. The van der Waals surface area contributed by atoms with E-state index in [2.05, 4.69) is 15.2 Å². The highest BCUT2D eigenvalue weighted by atomic mass is 35.5. The number of thioether (sulfide) groups is 1. The van der Waals surface area contributed by atoms with E-state index >= 15 is 0 Å². The van der Waals surface area contributed by atoms with Crippen LogP contribution in [-0.2, 0) is 5.75 Å². The van der Waals surface area contributed by atoms with Crippen LogP contribution in [0.1, 0.15) is 10.7 Å². The average Bonchev–Trinajstić information content (AvgIpc) is 2.72. The van der Waals surface area contributed by atoms with Gasteiger partial charge in [-0.3, -0.25) is 0 Å². The Hall–Kier alpha value is -0.170. The Kier molecular flexibility index (Phi) is 3.38. The third-order valence-corrected chi connectivity index (χ3v) is 4.41. The van der Waals surface area contributed by atoms with Crippen LogP contribution in [0.15, 0.2) is 9.72 Å². The molecule has 0 aliphatic carbocycles. The third-order valence-electron chi connectivity index (χ3n) is 1.37. The number of rotatable bonds is 3. The van der Waals surface area contributed by atoms with Gasteiger partial charge in [-0.2, -0.15) is 0 Å². The molecule has 7 heteroatoms. The normalized spacial score (nSPS) is 10.7. The Bertz CT molecular complexity index is 385. The van der Waals surface area contributed by atoms with Crippen LogP contribution in [-0.4, -0.2) is 15.2 Å². The summed E-state index contributed by atoms with van der Waals surface area (Å²) < 4.78 is 1.57. The minimum Gasteiger partial charge on any atom is -0.229 e. The number of hydrogen-bond donors (Lipinski definition) is 0. The molecule has 0 amide bonds. The third kappa shape index (κ3) is 2.66. The Morgan fingerprint density at radius 3 is 2.93 bits per heavy atom. The van der Waals surface area contributed by atoms with Crippen molar-refractivity contribution >= 4 is 46.0 Å². The van der Waals surface area contributed by atoms with E-state index in [1.54, 1.807) is 23.1 Å². The number of nitrogens with zero attached hydrogens (tertiary/aromatic N) is 3. The first kappa shape index (κ1) is 10.4. The highest BCUT2D eigenvalue weighted by molar-refractivity contribution is 8.00. The largest absolute Gasteiger partial charge is 0.229 e. The number of halogens is 1. The maximum Gasteiger partial charge on any atom is 0.183 e. The molecule has 0 fully saturated rings. The first-order valence-corrected chi connectivity index (χ1v) is 6.83. The minimum atomic E-state index is 0.592. The highest BCUT2D eigenvalue weighted by Crippen LogP contribution is 2.26. The predicted molar refractivity (Wildman–Crippen MR) is 61.3 cm³/mol. The van der Waals surface area contributed by atoms with Crippen molar-refractivity contribution in [3.8, 4) is 0 Å². The van der Waals surface area contributed by atoms with Crippen LogP contribution < -0.4 is 0 Å². The van der Waals surface area contributed by atoms with Gasteiger partial charge in [-0.25, -0.2) is 4.98 Å². The summed E-state index contributed by atoms with van der Waals surface area (Å²) in [7, 11) is 0. The molecular weight excluding hydrogens is 258 g/mol. The second kappa shape index (κ2) is 4.57. The molecule has 0 aromatic carbocycles. The van der Waals surface area contributed by atoms with Crippen LogP contribution in [0.2, 0.25) is 4.47 Å². The lowest BCUT2D eigenvalue weighted by molar-refractivity contribution is 0.983. The second-order valence-electron chi connectivity index (χ2n) is 2.47. The maximum absolute atomic E-state index is 5.72. The average molecular weight is 264 g/mol. The van der Waals surface area contributed by atoms with Crippen molar-refractivity contribution in [2.24, 2.45) is 0 Å². The van der Waals surface area contributed by atoms with E-state index in [0.717, 1.165) is 20.8 Å². The van der Waals surface area contributed by atoms with Gasteiger partial charge in [0.1, 0.15) is 5.01 Å². The Labute approximate surface area is 98.6 Å². The minimum absolute atomic E-state index is 0.592. The van der Waals surface area contributed by atoms with Crippen molar-refractivity contribution in [2.45, 2.75) is 17.0 Å². The zero-order chi connectivity index (χ0) is 9.97. The molecule has 2 rings (SSSR count). The van der Waals surface area contributed by atoms with Crippen LogP contribution in [0.5, 0.6) is 0 Å². The zero-order valence-corrected chi connectivity index (χ0v) is 10.4. The fourth-order valence-electron chi connectivity index (χ4n) is 0.821. The van der Waals surface area contributed by atoms with Crippen LogP contribution >= 0.6 is 46.0 Å². The molecule has 2 heterocycles. The zero-order valence-electron chi connectivity index (χ0n) is 7.23. The summed E-state index contributed by atoms with van der Waals surface area (Å²) in [4.78, 5) is 4.15. The monoisotopic (exact) mass is 263 g/mol. The number of aryl methyl sites for hydroxylation is 1. The van der Waals surface area contributed by atoms with Crippen LogP contribution in [0.3, 0.4) is 0 Å². The summed E-state index contributed by atoms with van der Waals surface area (Å²) in [6, 6.07) is 0. The van der Waals surface area contributed by atoms with Crippen molar-refractivity contribution in [2.75, 3.05) is 0 Å². The standard InChI is InChI=1S/C7H6ClN3S3/c1-4-10-11-7(14-4)13-3-5-2-12-6(8)9-5/h2H,3H2,1H3. The van der Waals surface area contributed by atoms with Gasteiger partial charge in [0.25, 0.3) is 0 Å². The molecule has 0 unspecified atom stereocenters. The summed E-state index contributed by atoms with van der Waals surface area (Å²) in [5.74, 6) is 0.803. The molecule has 0 aliphatic rings. The summed E-state index contributed by atoms with van der Waals surface area (Å²) in [5, 5.41) is 10.9. The van der Waals surface area contributed by atoms with E-state index in [0.29, 0.717) is 4.47 Å². The van der Waals surface area contributed by atoms with Crippen molar-refractivity contribution in [3.63, 3.8) is 0 Å². The van der Waals surface area contributed by atoms with Crippen molar-refractivity contribution in [3.05, 3.63) is 20.5 Å². The highest BCUT2D eigenvalue weighted by Gasteiger charge is 2.04. The lowest BCUT2D eigenvalue weighted by atomic mass is 10.6. The van der Waals surface area contributed by atoms with Gasteiger partial charge in [-0.05, 0) is 6.92 Å². The van der Waals surface area contributed by atoms with Crippen molar-refractivity contribution in [1.82, 2.24) is 15.2 Å². The molecule has 0 N–H and O–H groups in total. The summed E-state index contributed by atoms with van der Waals surface area (Å²) in [5.41, 5.74) is 0.998. The summed E-state index contributed by atoms with van der Waals surface area (Å²) >= 11 is 10.4. The van der Waals surface area contributed by atoms with Gasteiger partial charge in [0.15, 0.2) is 8.81 Å². The molecular formula is C7H6ClN3S3. The van der Waals surface area contributed by atoms with Gasteiger partial charge < -0.3 is 0 Å². The molecule has 2 aromatic heterocycles. The van der Waals surface area contributed by atoms with E-state index in [-0.39, 0.29) is 0 Å². The Morgan fingerprint density at radius 1 is 1.50 bits per heavy atom. The molecule has 0 saturated heterocycles. The van der Waals surface area contributed by atoms with Gasteiger partial charge in [0, 0.05) is 11.1 Å². The molecule has 0 spiro atoms.